The molecular weight excluding hydrogens is 470 g/mol. The van der Waals surface area contributed by atoms with Crippen molar-refractivity contribution >= 4 is 28.6 Å². The van der Waals surface area contributed by atoms with E-state index in [1.807, 2.05) is 36.4 Å². The van der Waals surface area contributed by atoms with Gasteiger partial charge < -0.3 is 25.0 Å². The third-order valence-corrected chi connectivity index (χ3v) is 7.21. The van der Waals surface area contributed by atoms with E-state index in [4.69, 9.17) is 16.3 Å². The molecule has 0 bridgehead atoms. The molecule has 0 amide bonds. The summed E-state index contributed by atoms with van der Waals surface area (Å²) in [5.74, 6) is 0.591. The van der Waals surface area contributed by atoms with E-state index in [1.54, 1.807) is 0 Å². The minimum Gasteiger partial charge on any atom is -0.394 e. The second-order valence-electron chi connectivity index (χ2n) is 9.04. The van der Waals surface area contributed by atoms with Crippen LogP contribution in [0.4, 0.5) is 5.82 Å². The van der Waals surface area contributed by atoms with Gasteiger partial charge in [0.05, 0.1) is 18.3 Å². The average Bonchev–Trinajstić information content (AvgIpc) is 3.40. The molecule has 0 saturated carbocycles. The average molecular weight is 494 g/mol. The van der Waals surface area contributed by atoms with E-state index in [9.17, 15) is 15.3 Å². The predicted molar refractivity (Wildman–Crippen MR) is 129 cm³/mol. The van der Waals surface area contributed by atoms with Crippen LogP contribution < -0.4 is 4.90 Å². The lowest BCUT2D eigenvalue weighted by Gasteiger charge is -2.51. The van der Waals surface area contributed by atoms with Gasteiger partial charge in [0.2, 0.25) is 5.28 Å². The molecule has 2 saturated heterocycles. The lowest BCUT2D eigenvalue weighted by Crippen LogP contribution is -2.60. The number of aromatic nitrogens is 4. The second-order valence-corrected chi connectivity index (χ2v) is 9.38. The number of aliphatic hydroxyl groups excluding tert-OH is 3. The van der Waals surface area contributed by atoms with Gasteiger partial charge in [0.15, 0.2) is 23.2 Å². The Kier molecular flexibility index (Phi) is 5.46. The van der Waals surface area contributed by atoms with Gasteiger partial charge in [-0.1, -0.05) is 60.7 Å². The van der Waals surface area contributed by atoms with Crippen molar-refractivity contribution in [1.82, 2.24) is 19.5 Å². The molecule has 9 nitrogen and oxygen atoms in total. The fourth-order valence-electron chi connectivity index (χ4n) is 5.19. The van der Waals surface area contributed by atoms with Crippen molar-refractivity contribution in [3.05, 3.63) is 83.4 Å². The Hall–Kier alpha value is -3.08. The highest BCUT2D eigenvalue weighted by Crippen LogP contribution is 2.44. The maximum atomic E-state index is 10.5. The summed E-state index contributed by atoms with van der Waals surface area (Å²) in [6, 6.07) is 20.8. The molecule has 10 heteroatoms. The number of hydrogen-bond acceptors (Lipinski definition) is 8. The summed E-state index contributed by atoms with van der Waals surface area (Å²) in [6.07, 6.45) is -2.87. The Bertz CT molecular complexity index is 1300. The van der Waals surface area contributed by atoms with Gasteiger partial charge in [-0.25, -0.2) is 4.98 Å². The normalized spacial score (nSPS) is 25.7. The summed E-state index contributed by atoms with van der Waals surface area (Å²) in [4.78, 5) is 15.5. The van der Waals surface area contributed by atoms with Gasteiger partial charge >= 0.3 is 0 Å². The van der Waals surface area contributed by atoms with Crippen LogP contribution in [0.25, 0.3) is 11.2 Å². The highest BCUT2D eigenvalue weighted by Gasteiger charge is 2.48. The van der Waals surface area contributed by atoms with Gasteiger partial charge in [0.25, 0.3) is 0 Å². The number of aliphatic hydroxyl groups is 3. The monoisotopic (exact) mass is 493 g/mol. The third kappa shape index (κ3) is 3.50. The molecule has 4 atom stereocenters. The van der Waals surface area contributed by atoms with Crippen LogP contribution in [0.15, 0.2) is 67.0 Å². The van der Waals surface area contributed by atoms with E-state index < -0.39 is 31.1 Å². The van der Waals surface area contributed by atoms with Crippen LogP contribution in [-0.4, -0.2) is 72.8 Å². The maximum absolute atomic E-state index is 10.5. The third-order valence-electron chi connectivity index (χ3n) is 7.04. The van der Waals surface area contributed by atoms with Crippen molar-refractivity contribution < 1.29 is 20.1 Å². The number of benzene rings is 2. The van der Waals surface area contributed by atoms with Gasteiger partial charge in [0.1, 0.15) is 18.3 Å². The molecule has 2 fully saturated rings. The molecule has 2 unspecified atom stereocenters. The highest BCUT2D eigenvalue weighted by molar-refractivity contribution is 6.28. The number of rotatable bonds is 5. The molecule has 4 heterocycles. The van der Waals surface area contributed by atoms with Crippen LogP contribution in [0.1, 0.15) is 17.4 Å². The molecule has 2 aliphatic heterocycles. The topological polar surface area (TPSA) is 117 Å². The molecule has 2 aromatic carbocycles. The minimum atomic E-state index is -1.26. The molecule has 2 aliphatic rings. The fraction of sp³-hybridized carbons (Fsp3) is 0.320. The minimum absolute atomic E-state index is 0.0397. The Morgan fingerprint density at radius 3 is 2.14 bits per heavy atom. The lowest BCUT2D eigenvalue weighted by atomic mass is 9.68. The summed E-state index contributed by atoms with van der Waals surface area (Å²) in [6.45, 7) is 0.922. The van der Waals surface area contributed by atoms with Crippen LogP contribution in [0.2, 0.25) is 5.28 Å². The van der Waals surface area contributed by atoms with E-state index in [0.717, 1.165) is 0 Å². The van der Waals surface area contributed by atoms with Crippen molar-refractivity contribution in [2.75, 3.05) is 24.6 Å². The first-order chi connectivity index (χ1) is 17.0. The molecule has 180 valence electrons. The van der Waals surface area contributed by atoms with Crippen molar-refractivity contribution in [1.29, 1.82) is 0 Å². The van der Waals surface area contributed by atoms with Crippen LogP contribution in [0.3, 0.4) is 0 Å². The summed E-state index contributed by atoms with van der Waals surface area (Å²) in [7, 11) is 0. The number of ether oxygens (including phenoxy) is 1. The smallest absolute Gasteiger partial charge is 0.226 e. The van der Waals surface area contributed by atoms with Crippen molar-refractivity contribution in [2.45, 2.75) is 30.0 Å². The zero-order valence-electron chi connectivity index (χ0n) is 18.6. The number of hydrogen-bond donors (Lipinski definition) is 3. The largest absolute Gasteiger partial charge is 0.394 e. The van der Waals surface area contributed by atoms with Crippen molar-refractivity contribution in [3.63, 3.8) is 0 Å². The van der Waals surface area contributed by atoms with Crippen molar-refractivity contribution in [2.24, 2.45) is 0 Å². The van der Waals surface area contributed by atoms with Crippen LogP contribution in [0, 0.1) is 0 Å². The van der Waals surface area contributed by atoms with Gasteiger partial charge in [-0.05, 0) is 22.7 Å². The quantitative estimate of drug-likeness (QED) is 0.361. The Labute approximate surface area is 206 Å². The first-order valence-electron chi connectivity index (χ1n) is 11.4. The zero-order chi connectivity index (χ0) is 24.2. The SMILES string of the molecule is OC[C@H]1O[C@@H](n2cnc3c(N4CC(c5ccccc5)(c5ccccc5)C4)nc(Cl)nc32)C(O)C1O. The Morgan fingerprint density at radius 2 is 1.57 bits per heavy atom. The molecular formula is C25H24ClN5O4. The van der Waals surface area contributed by atoms with Gasteiger partial charge in [0, 0.05) is 13.1 Å². The molecule has 6 rings (SSSR count). The first kappa shape index (κ1) is 22.4. The van der Waals surface area contributed by atoms with E-state index >= 15 is 0 Å². The van der Waals surface area contributed by atoms with E-state index in [2.05, 4.69) is 44.1 Å². The molecule has 4 aromatic rings. The Morgan fingerprint density at radius 1 is 0.943 bits per heavy atom. The zero-order valence-corrected chi connectivity index (χ0v) is 19.4. The molecule has 0 spiro atoms. The summed E-state index contributed by atoms with van der Waals surface area (Å²) < 4.78 is 7.20. The molecule has 0 radical (unpaired) electrons. The standard InChI is InChI=1S/C25H24ClN5O4/c26-24-28-21(18-22(29-24)31(14-27-18)23-20(34)19(33)17(11-32)35-23)30-12-25(13-30,15-7-3-1-4-8-15)16-9-5-2-6-10-16/h1-10,14,17,19-20,23,32-34H,11-13H2/t17-,19?,20?,23-/m1/s1. The van der Waals surface area contributed by atoms with Crippen LogP contribution >= 0.6 is 11.6 Å². The van der Waals surface area contributed by atoms with Crippen LogP contribution in [-0.2, 0) is 10.2 Å². The van der Waals surface area contributed by atoms with Crippen LogP contribution in [0.5, 0.6) is 0 Å². The summed E-state index contributed by atoms with van der Waals surface area (Å²) >= 11 is 6.33. The van der Waals surface area contributed by atoms with E-state index in [-0.39, 0.29) is 10.7 Å². The van der Waals surface area contributed by atoms with Gasteiger partial charge in [-0.2, -0.15) is 9.97 Å². The fourth-order valence-corrected chi connectivity index (χ4v) is 5.35. The number of anilines is 1. The van der Waals surface area contributed by atoms with E-state index in [1.165, 1.54) is 22.0 Å². The predicted octanol–water partition coefficient (Wildman–Crippen LogP) is 1.90. The number of halogens is 1. The maximum Gasteiger partial charge on any atom is 0.226 e. The van der Waals surface area contributed by atoms with Crippen molar-refractivity contribution in [3.8, 4) is 0 Å². The number of fused-ring (bicyclic) bond motifs is 1. The molecule has 35 heavy (non-hydrogen) atoms. The second kappa shape index (κ2) is 8.54. The lowest BCUT2D eigenvalue weighted by molar-refractivity contribution is -0.0511. The summed E-state index contributed by atoms with van der Waals surface area (Å²) in [5.41, 5.74) is 3.12. The first-order valence-corrected chi connectivity index (χ1v) is 11.8. The summed E-state index contributed by atoms with van der Waals surface area (Å²) in [5, 5.41) is 30.2. The van der Waals surface area contributed by atoms with E-state index in [0.29, 0.717) is 30.1 Å². The molecule has 0 aliphatic carbocycles. The Balaban J connectivity index is 1.38. The van der Waals surface area contributed by atoms with Gasteiger partial charge in [-0.3, -0.25) is 4.57 Å². The number of nitrogens with zero attached hydrogens (tertiary/aromatic N) is 5. The van der Waals surface area contributed by atoms with Gasteiger partial charge in [-0.15, -0.1) is 0 Å². The highest BCUT2D eigenvalue weighted by atomic mass is 35.5. The molecule has 3 N–H and O–H groups in total. The molecule has 2 aromatic heterocycles. The number of imidazole rings is 1.